The van der Waals surface area contributed by atoms with Gasteiger partial charge in [0, 0.05) is 29.0 Å². The second kappa shape index (κ2) is 7.16. The minimum Gasteiger partial charge on any atom is -0.460 e. The maximum Gasteiger partial charge on any atom is 0.417 e. The Labute approximate surface area is 178 Å². The third kappa shape index (κ3) is 3.67. The molecule has 0 fully saturated rings. The van der Waals surface area contributed by atoms with E-state index in [1.807, 2.05) is 13.8 Å². The van der Waals surface area contributed by atoms with Crippen LogP contribution in [0.15, 0.2) is 63.4 Å². The molecule has 1 aliphatic carbocycles. The average molecular weight is 426 g/mol. The number of dihydropyridines is 1. The van der Waals surface area contributed by atoms with Gasteiger partial charge < -0.3 is 9.73 Å². The van der Waals surface area contributed by atoms with Crippen molar-refractivity contribution in [1.29, 1.82) is 5.26 Å². The van der Waals surface area contributed by atoms with Gasteiger partial charge in [0.25, 0.3) is 0 Å². The van der Waals surface area contributed by atoms with Gasteiger partial charge >= 0.3 is 6.18 Å². The van der Waals surface area contributed by atoms with Crippen molar-refractivity contribution in [3.05, 3.63) is 70.3 Å². The predicted molar refractivity (Wildman–Crippen MR) is 108 cm³/mol. The Balaban J connectivity index is 1.84. The van der Waals surface area contributed by atoms with E-state index in [1.165, 1.54) is 24.3 Å². The van der Waals surface area contributed by atoms with Crippen molar-refractivity contribution in [2.75, 3.05) is 0 Å². The van der Waals surface area contributed by atoms with E-state index in [0.29, 0.717) is 29.7 Å². The molecule has 1 aromatic heterocycles. The summed E-state index contributed by atoms with van der Waals surface area (Å²) in [7, 11) is 0. The summed E-state index contributed by atoms with van der Waals surface area (Å²) in [5, 5.41) is 13.0. The molecule has 7 heteroatoms. The van der Waals surface area contributed by atoms with E-state index < -0.39 is 17.7 Å². The molecule has 4 nitrogen and oxygen atoms in total. The number of halogens is 3. The summed E-state index contributed by atoms with van der Waals surface area (Å²) < 4.78 is 46.2. The Bertz CT molecular complexity index is 1180. The summed E-state index contributed by atoms with van der Waals surface area (Å²) in [5.41, 5.74) is 1.05. The highest BCUT2D eigenvalue weighted by atomic mass is 19.4. The van der Waals surface area contributed by atoms with Crippen molar-refractivity contribution in [3.63, 3.8) is 0 Å². The quantitative estimate of drug-likeness (QED) is 0.631. The molecule has 1 aliphatic heterocycles. The Morgan fingerprint density at radius 1 is 1.16 bits per heavy atom. The van der Waals surface area contributed by atoms with Gasteiger partial charge in [-0.25, -0.2) is 0 Å². The molecule has 160 valence electrons. The van der Waals surface area contributed by atoms with Crippen molar-refractivity contribution in [3.8, 4) is 17.4 Å². The number of hydrogen-bond acceptors (Lipinski definition) is 4. The standard InChI is InChI=1S/C24H21F3N2O2/c1-13-15(12-28)21(22-17(29-13)10-23(2,3)11-18(22)30)20-9-8-19(31-20)14-6-4-5-7-16(14)24(25,26)27/h4-9,21,29H,10-11H2,1-3H3/t21-/m1/s1. The maximum atomic E-state index is 13.5. The van der Waals surface area contributed by atoms with Crippen molar-refractivity contribution in [2.45, 2.75) is 45.7 Å². The highest BCUT2D eigenvalue weighted by Crippen LogP contribution is 2.47. The van der Waals surface area contributed by atoms with Crippen molar-refractivity contribution in [2.24, 2.45) is 5.41 Å². The number of allylic oxidation sites excluding steroid dienone is 4. The lowest BCUT2D eigenvalue weighted by molar-refractivity contribution is -0.137. The van der Waals surface area contributed by atoms with E-state index in [1.54, 1.807) is 13.0 Å². The number of Topliss-reactive ketones (excluding diaryl/α,β-unsaturated/α-hetero) is 1. The summed E-state index contributed by atoms with van der Waals surface area (Å²) in [4.78, 5) is 13.0. The first-order chi connectivity index (χ1) is 14.5. The van der Waals surface area contributed by atoms with Crippen LogP contribution in [-0.4, -0.2) is 5.78 Å². The second-order valence-electron chi connectivity index (χ2n) is 8.79. The molecule has 0 unspecified atom stereocenters. The minimum absolute atomic E-state index is 0.0436. The van der Waals surface area contributed by atoms with Gasteiger partial charge in [0.2, 0.25) is 0 Å². The van der Waals surface area contributed by atoms with Crippen LogP contribution in [0, 0.1) is 16.7 Å². The number of carbonyl (C=O) groups excluding carboxylic acids is 1. The van der Waals surface area contributed by atoms with E-state index in [9.17, 15) is 23.2 Å². The van der Waals surface area contributed by atoms with E-state index in [0.717, 1.165) is 11.8 Å². The lowest BCUT2D eigenvalue weighted by atomic mass is 9.70. The largest absolute Gasteiger partial charge is 0.460 e. The fourth-order valence-corrected chi connectivity index (χ4v) is 4.47. The number of furan rings is 1. The normalized spacial score (nSPS) is 20.9. The smallest absolute Gasteiger partial charge is 0.417 e. The van der Waals surface area contributed by atoms with Gasteiger partial charge in [-0.2, -0.15) is 18.4 Å². The highest BCUT2D eigenvalue weighted by Gasteiger charge is 2.42. The number of benzene rings is 1. The molecule has 1 aromatic carbocycles. The van der Waals surface area contributed by atoms with Crippen molar-refractivity contribution in [1.82, 2.24) is 5.32 Å². The molecule has 0 saturated carbocycles. The Hall–Kier alpha value is -3.27. The van der Waals surface area contributed by atoms with Gasteiger partial charge in [0.15, 0.2) is 5.78 Å². The van der Waals surface area contributed by atoms with Crippen molar-refractivity contribution < 1.29 is 22.4 Å². The van der Waals surface area contributed by atoms with E-state index >= 15 is 0 Å². The molecular weight excluding hydrogens is 405 g/mol. The summed E-state index contributed by atoms with van der Waals surface area (Å²) in [6.45, 7) is 5.76. The Morgan fingerprint density at radius 2 is 1.87 bits per heavy atom. The summed E-state index contributed by atoms with van der Waals surface area (Å²) in [6, 6.07) is 10.3. The zero-order valence-corrected chi connectivity index (χ0v) is 17.4. The second-order valence-corrected chi connectivity index (χ2v) is 8.79. The van der Waals surface area contributed by atoms with Gasteiger partial charge in [0.05, 0.1) is 23.1 Å². The van der Waals surface area contributed by atoms with Gasteiger partial charge in [-0.3, -0.25) is 4.79 Å². The number of hydrogen-bond donors (Lipinski definition) is 1. The van der Waals surface area contributed by atoms with Gasteiger partial charge in [-0.1, -0.05) is 32.0 Å². The Morgan fingerprint density at radius 3 is 2.55 bits per heavy atom. The molecular formula is C24H21F3N2O2. The number of alkyl halides is 3. The minimum atomic E-state index is -4.53. The lowest BCUT2D eigenvalue weighted by Crippen LogP contribution is -2.36. The molecule has 0 radical (unpaired) electrons. The van der Waals surface area contributed by atoms with Gasteiger partial charge in [0.1, 0.15) is 11.5 Å². The van der Waals surface area contributed by atoms with Crippen LogP contribution >= 0.6 is 0 Å². The molecule has 0 saturated heterocycles. The molecule has 2 aromatic rings. The molecule has 0 amide bonds. The van der Waals surface area contributed by atoms with Crippen molar-refractivity contribution >= 4 is 5.78 Å². The van der Waals surface area contributed by atoms with Crippen LogP contribution in [0.25, 0.3) is 11.3 Å². The fraction of sp³-hybridized carbons (Fsp3) is 0.333. The van der Waals surface area contributed by atoms with Crippen LogP contribution in [0.5, 0.6) is 0 Å². The van der Waals surface area contributed by atoms with E-state index in [-0.39, 0.29) is 28.3 Å². The zero-order chi connectivity index (χ0) is 22.6. The molecule has 1 atom stereocenters. The third-order valence-corrected chi connectivity index (χ3v) is 5.77. The Kier molecular flexibility index (Phi) is 4.84. The monoisotopic (exact) mass is 426 g/mol. The average Bonchev–Trinajstić information content (AvgIpc) is 3.15. The molecule has 31 heavy (non-hydrogen) atoms. The fourth-order valence-electron chi connectivity index (χ4n) is 4.47. The first-order valence-corrected chi connectivity index (χ1v) is 9.92. The summed E-state index contributed by atoms with van der Waals surface area (Å²) in [6.07, 6.45) is -3.58. The number of ketones is 1. The predicted octanol–water partition coefficient (Wildman–Crippen LogP) is 6.09. The first-order valence-electron chi connectivity index (χ1n) is 9.92. The maximum absolute atomic E-state index is 13.5. The number of nitriles is 1. The number of nitrogens with zero attached hydrogens (tertiary/aromatic N) is 1. The van der Waals surface area contributed by atoms with E-state index in [4.69, 9.17) is 4.42 Å². The SMILES string of the molecule is CC1=C(C#N)[C@H](c2ccc(-c3ccccc3C(F)(F)F)o2)C2=C(CC(C)(C)CC2=O)N1. The first kappa shape index (κ1) is 21.0. The topological polar surface area (TPSA) is 66.0 Å². The third-order valence-electron chi connectivity index (χ3n) is 5.77. The molecule has 0 bridgehead atoms. The number of nitrogens with one attached hydrogen (secondary N) is 1. The van der Waals surface area contributed by atoms with Crippen LogP contribution in [0.4, 0.5) is 13.2 Å². The van der Waals surface area contributed by atoms with Gasteiger partial charge in [-0.05, 0) is 37.0 Å². The van der Waals surface area contributed by atoms with Crippen LogP contribution in [0.1, 0.15) is 50.9 Å². The highest BCUT2D eigenvalue weighted by molar-refractivity contribution is 6.00. The lowest BCUT2D eigenvalue weighted by Gasteiger charge is -2.38. The number of carbonyl (C=O) groups is 1. The zero-order valence-electron chi connectivity index (χ0n) is 17.4. The van der Waals surface area contributed by atoms with Crippen LogP contribution in [-0.2, 0) is 11.0 Å². The summed E-state index contributed by atoms with van der Waals surface area (Å²) in [5.74, 6) is -0.499. The molecule has 1 N–H and O–H groups in total. The molecule has 2 heterocycles. The number of rotatable bonds is 2. The molecule has 4 rings (SSSR count). The molecule has 2 aliphatic rings. The molecule has 0 spiro atoms. The van der Waals surface area contributed by atoms with Crippen LogP contribution in [0.3, 0.4) is 0 Å². The van der Waals surface area contributed by atoms with E-state index in [2.05, 4.69) is 11.4 Å². The summed E-state index contributed by atoms with van der Waals surface area (Å²) >= 11 is 0. The van der Waals surface area contributed by atoms with Crippen LogP contribution in [0.2, 0.25) is 0 Å². The van der Waals surface area contributed by atoms with Gasteiger partial charge in [-0.15, -0.1) is 0 Å². The van der Waals surface area contributed by atoms with Crippen LogP contribution < -0.4 is 5.32 Å².